The third-order valence-corrected chi connectivity index (χ3v) is 3.06. The minimum Gasteiger partial charge on any atom is -0.478 e. The average Bonchev–Trinajstić information content (AvgIpc) is 2.20. The molecule has 0 saturated carbocycles. The number of aromatic carboxylic acids is 1. The van der Waals surface area contributed by atoms with Gasteiger partial charge in [0.15, 0.2) is 0 Å². The molecule has 15 heavy (non-hydrogen) atoms. The van der Waals surface area contributed by atoms with E-state index in [0.717, 1.165) is 22.6 Å². The molecule has 0 spiro atoms. The molecule has 1 aromatic rings. The van der Waals surface area contributed by atoms with Gasteiger partial charge in [-0.05, 0) is 31.0 Å². The summed E-state index contributed by atoms with van der Waals surface area (Å²) in [6, 6.07) is 5.53. The summed E-state index contributed by atoms with van der Waals surface area (Å²) in [5.41, 5.74) is 1.19. The van der Waals surface area contributed by atoms with E-state index in [9.17, 15) is 4.79 Å². The van der Waals surface area contributed by atoms with Crippen LogP contribution in [0.3, 0.4) is 0 Å². The monoisotopic (exact) mass is 222 g/mol. The molecule has 3 heteroatoms. The number of benzene rings is 1. The Hall–Kier alpha value is -1.22. The summed E-state index contributed by atoms with van der Waals surface area (Å²) in [4.78, 5) is 11.9. The van der Waals surface area contributed by atoms with Crippen LogP contribution in [-0.4, -0.2) is 16.8 Å². The van der Waals surface area contributed by atoms with Crippen molar-refractivity contribution in [2.45, 2.75) is 18.2 Å². The molecule has 0 unspecified atom stereocenters. The Morgan fingerprint density at radius 3 is 2.93 bits per heavy atom. The van der Waals surface area contributed by atoms with Gasteiger partial charge in [-0.1, -0.05) is 12.1 Å². The molecule has 0 fully saturated rings. The first-order valence-corrected chi connectivity index (χ1v) is 5.71. The van der Waals surface area contributed by atoms with E-state index in [-0.39, 0.29) is 0 Å². The number of carboxylic acids is 1. The highest BCUT2D eigenvalue weighted by Gasteiger charge is 2.07. The number of rotatable bonds is 5. The van der Waals surface area contributed by atoms with Gasteiger partial charge in [-0.2, -0.15) is 0 Å². The van der Waals surface area contributed by atoms with E-state index < -0.39 is 5.97 Å². The Kier molecular flexibility index (Phi) is 4.43. The van der Waals surface area contributed by atoms with Crippen molar-refractivity contribution in [1.82, 2.24) is 0 Å². The van der Waals surface area contributed by atoms with E-state index in [1.165, 1.54) is 0 Å². The molecule has 1 N–H and O–H groups in total. The molecule has 0 aliphatic heterocycles. The van der Waals surface area contributed by atoms with Crippen molar-refractivity contribution in [2.75, 3.05) is 5.75 Å². The summed E-state index contributed by atoms with van der Waals surface area (Å²) in [5.74, 6) is 0.0738. The normalized spacial score (nSPS) is 9.93. The topological polar surface area (TPSA) is 37.3 Å². The van der Waals surface area contributed by atoms with Crippen LogP contribution in [0.25, 0.3) is 0 Å². The molecule has 0 aliphatic carbocycles. The van der Waals surface area contributed by atoms with Crippen molar-refractivity contribution >= 4 is 17.7 Å². The third kappa shape index (κ3) is 3.44. The molecule has 80 valence electrons. The molecule has 1 aromatic carbocycles. The van der Waals surface area contributed by atoms with Gasteiger partial charge in [-0.25, -0.2) is 4.79 Å². The zero-order valence-corrected chi connectivity index (χ0v) is 9.51. The Bertz CT molecular complexity index is 372. The van der Waals surface area contributed by atoms with Gasteiger partial charge in [-0.15, -0.1) is 18.3 Å². The fourth-order valence-electron chi connectivity index (χ4n) is 1.18. The molecular weight excluding hydrogens is 208 g/mol. The van der Waals surface area contributed by atoms with Crippen LogP contribution in [-0.2, 0) is 0 Å². The van der Waals surface area contributed by atoms with Gasteiger partial charge in [0.25, 0.3) is 0 Å². The van der Waals surface area contributed by atoms with Gasteiger partial charge < -0.3 is 5.11 Å². The lowest BCUT2D eigenvalue weighted by Gasteiger charge is -2.04. The minimum absolute atomic E-state index is 0.388. The van der Waals surface area contributed by atoms with Crippen LogP contribution < -0.4 is 0 Å². The molecule has 2 nitrogen and oxygen atoms in total. The maximum absolute atomic E-state index is 10.9. The zero-order chi connectivity index (χ0) is 11.3. The van der Waals surface area contributed by atoms with E-state index in [2.05, 4.69) is 6.58 Å². The Balaban J connectivity index is 2.78. The van der Waals surface area contributed by atoms with Crippen LogP contribution in [0.2, 0.25) is 0 Å². The van der Waals surface area contributed by atoms with E-state index in [4.69, 9.17) is 5.11 Å². The first-order valence-electron chi connectivity index (χ1n) is 4.73. The molecule has 0 bridgehead atoms. The number of carbonyl (C=O) groups is 1. The first-order chi connectivity index (χ1) is 7.15. The largest absolute Gasteiger partial charge is 0.478 e. The predicted molar refractivity (Wildman–Crippen MR) is 63.7 cm³/mol. The molecule has 0 radical (unpaired) electrons. The number of carboxylic acid groups (broad SMARTS) is 1. The highest BCUT2D eigenvalue weighted by molar-refractivity contribution is 7.99. The lowest BCUT2D eigenvalue weighted by atomic mass is 10.1. The second-order valence-corrected chi connectivity index (χ2v) is 4.38. The maximum Gasteiger partial charge on any atom is 0.335 e. The molecule has 0 amide bonds. The lowest BCUT2D eigenvalue weighted by molar-refractivity contribution is 0.0696. The van der Waals surface area contributed by atoms with Gasteiger partial charge in [0.2, 0.25) is 0 Å². The predicted octanol–water partition coefficient (Wildman–Crippen LogP) is 3.36. The second-order valence-electron chi connectivity index (χ2n) is 3.21. The van der Waals surface area contributed by atoms with E-state index in [0.29, 0.717) is 5.56 Å². The van der Waals surface area contributed by atoms with Crippen molar-refractivity contribution in [3.05, 3.63) is 42.0 Å². The molecule has 1 rings (SSSR count). The molecule has 0 aliphatic rings. The van der Waals surface area contributed by atoms with Crippen LogP contribution in [0.4, 0.5) is 0 Å². The number of hydrogen-bond acceptors (Lipinski definition) is 2. The van der Waals surface area contributed by atoms with Crippen molar-refractivity contribution in [3.8, 4) is 0 Å². The summed E-state index contributed by atoms with van der Waals surface area (Å²) in [6.07, 6.45) is 2.79. The Morgan fingerprint density at radius 2 is 2.33 bits per heavy atom. The first kappa shape index (κ1) is 11.9. The lowest BCUT2D eigenvalue weighted by Crippen LogP contribution is -1.99. The summed E-state index contributed by atoms with van der Waals surface area (Å²) in [5, 5.41) is 8.94. The van der Waals surface area contributed by atoms with Crippen LogP contribution in [0.15, 0.2) is 35.7 Å². The van der Waals surface area contributed by atoms with E-state index in [1.807, 2.05) is 25.1 Å². The molecule has 0 saturated heterocycles. The van der Waals surface area contributed by atoms with Crippen LogP contribution in [0.1, 0.15) is 22.3 Å². The molecule has 0 atom stereocenters. The summed E-state index contributed by atoms with van der Waals surface area (Å²) >= 11 is 1.65. The van der Waals surface area contributed by atoms with Gasteiger partial charge >= 0.3 is 5.97 Å². The smallest absolute Gasteiger partial charge is 0.335 e. The van der Waals surface area contributed by atoms with Gasteiger partial charge in [-0.3, -0.25) is 0 Å². The Labute approximate surface area is 94.0 Å². The number of allylic oxidation sites excluding steroid dienone is 1. The fraction of sp³-hybridized carbons (Fsp3) is 0.250. The van der Waals surface area contributed by atoms with E-state index in [1.54, 1.807) is 17.8 Å². The second kappa shape index (κ2) is 5.61. The van der Waals surface area contributed by atoms with Gasteiger partial charge in [0, 0.05) is 10.6 Å². The third-order valence-electron chi connectivity index (χ3n) is 2.03. The summed E-state index contributed by atoms with van der Waals surface area (Å²) in [6.45, 7) is 5.45. The molecular formula is C12H14O2S. The zero-order valence-electron chi connectivity index (χ0n) is 8.69. The quantitative estimate of drug-likeness (QED) is 0.471. The van der Waals surface area contributed by atoms with Crippen molar-refractivity contribution in [2.24, 2.45) is 0 Å². The van der Waals surface area contributed by atoms with Crippen molar-refractivity contribution in [1.29, 1.82) is 0 Å². The highest BCUT2D eigenvalue weighted by Crippen LogP contribution is 2.22. The van der Waals surface area contributed by atoms with Crippen molar-refractivity contribution < 1.29 is 9.90 Å². The maximum atomic E-state index is 10.9. The fourth-order valence-corrected chi connectivity index (χ4v) is 2.07. The van der Waals surface area contributed by atoms with Crippen LogP contribution in [0.5, 0.6) is 0 Å². The van der Waals surface area contributed by atoms with Crippen LogP contribution >= 0.6 is 11.8 Å². The molecule has 0 aromatic heterocycles. The number of aryl methyl sites for hydroxylation is 1. The number of thioether (sulfide) groups is 1. The standard InChI is InChI=1S/C12H14O2S/c1-3-4-7-15-10-6-5-9(2)11(8-10)12(13)14/h3,5-6,8H,1,4,7H2,2H3,(H,13,14). The highest BCUT2D eigenvalue weighted by atomic mass is 32.2. The SMILES string of the molecule is C=CCCSc1ccc(C)c(C(=O)O)c1. The average molecular weight is 222 g/mol. The van der Waals surface area contributed by atoms with Crippen molar-refractivity contribution in [3.63, 3.8) is 0 Å². The summed E-state index contributed by atoms with van der Waals surface area (Å²) in [7, 11) is 0. The van der Waals surface area contributed by atoms with Gasteiger partial charge in [0.05, 0.1) is 5.56 Å². The Morgan fingerprint density at radius 1 is 1.60 bits per heavy atom. The van der Waals surface area contributed by atoms with Crippen LogP contribution in [0, 0.1) is 6.92 Å². The summed E-state index contributed by atoms with van der Waals surface area (Å²) < 4.78 is 0. The van der Waals surface area contributed by atoms with E-state index >= 15 is 0 Å². The minimum atomic E-state index is -0.862. The van der Waals surface area contributed by atoms with Gasteiger partial charge in [0.1, 0.15) is 0 Å². The molecule has 0 heterocycles. The number of hydrogen-bond donors (Lipinski definition) is 1.